The van der Waals surface area contributed by atoms with Crippen molar-refractivity contribution < 1.29 is 14.3 Å². The molecule has 1 aromatic heterocycles. The molecule has 0 unspecified atom stereocenters. The van der Waals surface area contributed by atoms with E-state index in [1.807, 2.05) is 48.5 Å². The third-order valence-electron chi connectivity index (χ3n) is 3.52. The fraction of sp³-hybridized carbons (Fsp3) is 0.222. The first-order valence-electron chi connectivity index (χ1n) is 7.76. The molecule has 2 aromatic carbocycles. The number of fused-ring (bicyclic) bond motifs is 1. The number of hydrogen-bond donors (Lipinski definition) is 2. The molecule has 0 saturated carbocycles. The molecule has 0 saturated heterocycles. The summed E-state index contributed by atoms with van der Waals surface area (Å²) in [4.78, 5) is 19.3. The fourth-order valence-electron chi connectivity index (χ4n) is 2.30. The van der Waals surface area contributed by atoms with E-state index >= 15 is 0 Å². The van der Waals surface area contributed by atoms with E-state index < -0.39 is 0 Å². The Balaban J connectivity index is 1.42. The molecule has 6 nitrogen and oxygen atoms in total. The number of anilines is 1. The third kappa shape index (κ3) is 4.04. The molecule has 1 amide bonds. The fourth-order valence-corrected chi connectivity index (χ4v) is 2.30. The van der Waals surface area contributed by atoms with Crippen LogP contribution in [0.5, 0.6) is 11.5 Å². The Morgan fingerprint density at radius 2 is 1.88 bits per heavy atom. The molecule has 124 valence electrons. The first kappa shape index (κ1) is 15.9. The number of para-hydroxylation sites is 2. The second kappa shape index (κ2) is 7.50. The lowest BCUT2D eigenvalue weighted by molar-refractivity contribution is -0.116. The maximum atomic E-state index is 11.9. The summed E-state index contributed by atoms with van der Waals surface area (Å²) in [5.41, 5.74) is 1.73. The van der Waals surface area contributed by atoms with Crippen LogP contribution in [-0.4, -0.2) is 29.6 Å². The van der Waals surface area contributed by atoms with Gasteiger partial charge in [0.1, 0.15) is 11.5 Å². The zero-order valence-corrected chi connectivity index (χ0v) is 13.4. The number of H-pyrrole nitrogens is 1. The van der Waals surface area contributed by atoms with Gasteiger partial charge < -0.3 is 14.5 Å². The summed E-state index contributed by atoms with van der Waals surface area (Å²) in [6, 6.07) is 15.0. The summed E-state index contributed by atoms with van der Waals surface area (Å²) in [5.74, 6) is 1.92. The van der Waals surface area contributed by atoms with E-state index in [0.29, 0.717) is 25.4 Å². The standard InChI is InChI=1S/C18H19N3O3/c1-23-13-8-10-14(11-9-13)24-12-4-7-17(22)21-18-19-15-5-2-3-6-16(15)20-18/h2-3,5-6,8-11H,4,7,12H2,1H3,(H2,19,20,21,22). The van der Waals surface area contributed by atoms with Crippen molar-refractivity contribution in [3.8, 4) is 11.5 Å². The van der Waals surface area contributed by atoms with Gasteiger partial charge in [0.15, 0.2) is 0 Å². The van der Waals surface area contributed by atoms with Gasteiger partial charge in [-0.25, -0.2) is 4.98 Å². The van der Waals surface area contributed by atoms with Crippen LogP contribution in [0.4, 0.5) is 5.95 Å². The van der Waals surface area contributed by atoms with Gasteiger partial charge >= 0.3 is 0 Å². The highest BCUT2D eigenvalue weighted by molar-refractivity contribution is 5.90. The number of benzene rings is 2. The monoisotopic (exact) mass is 325 g/mol. The van der Waals surface area contributed by atoms with Gasteiger partial charge in [-0.1, -0.05) is 12.1 Å². The van der Waals surface area contributed by atoms with Gasteiger partial charge in [0.25, 0.3) is 0 Å². The van der Waals surface area contributed by atoms with E-state index in [9.17, 15) is 4.79 Å². The molecule has 3 aromatic rings. The molecule has 1 heterocycles. The van der Waals surface area contributed by atoms with Crippen molar-refractivity contribution in [2.45, 2.75) is 12.8 Å². The number of rotatable bonds is 7. The molecule has 0 aliphatic rings. The topological polar surface area (TPSA) is 76.2 Å². The van der Waals surface area contributed by atoms with E-state index in [1.165, 1.54) is 0 Å². The van der Waals surface area contributed by atoms with E-state index in [4.69, 9.17) is 9.47 Å². The van der Waals surface area contributed by atoms with E-state index in [-0.39, 0.29) is 5.91 Å². The van der Waals surface area contributed by atoms with Crippen molar-refractivity contribution in [3.05, 3.63) is 48.5 Å². The molecule has 0 atom stereocenters. The molecule has 3 rings (SSSR count). The van der Waals surface area contributed by atoms with Gasteiger partial charge in [0, 0.05) is 6.42 Å². The summed E-state index contributed by atoms with van der Waals surface area (Å²) in [6.45, 7) is 0.472. The van der Waals surface area contributed by atoms with Crippen LogP contribution in [-0.2, 0) is 4.79 Å². The van der Waals surface area contributed by atoms with Crippen molar-refractivity contribution >= 4 is 22.9 Å². The lowest BCUT2D eigenvalue weighted by Crippen LogP contribution is -2.13. The number of carbonyl (C=O) groups excluding carboxylic acids is 1. The Hall–Kier alpha value is -3.02. The van der Waals surface area contributed by atoms with Gasteiger partial charge in [-0.3, -0.25) is 10.1 Å². The minimum atomic E-state index is -0.0904. The highest BCUT2D eigenvalue weighted by Gasteiger charge is 2.06. The number of carbonyl (C=O) groups is 1. The minimum Gasteiger partial charge on any atom is -0.497 e. The molecule has 24 heavy (non-hydrogen) atoms. The second-order valence-electron chi connectivity index (χ2n) is 5.28. The number of aromatic nitrogens is 2. The minimum absolute atomic E-state index is 0.0904. The number of amides is 1. The van der Waals surface area contributed by atoms with Crippen LogP contribution in [0.15, 0.2) is 48.5 Å². The molecule has 0 radical (unpaired) electrons. The van der Waals surface area contributed by atoms with Gasteiger partial charge in [-0.05, 0) is 42.8 Å². The van der Waals surface area contributed by atoms with Gasteiger partial charge in [0.05, 0.1) is 24.8 Å². The number of aromatic amines is 1. The molecule has 6 heteroatoms. The maximum absolute atomic E-state index is 11.9. The zero-order valence-electron chi connectivity index (χ0n) is 13.4. The number of imidazole rings is 1. The highest BCUT2D eigenvalue weighted by Crippen LogP contribution is 2.17. The number of methoxy groups -OCH3 is 1. The summed E-state index contributed by atoms with van der Waals surface area (Å²) < 4.78 is 10.7. The van der Waals surface area contributed by atoms with E-state index in [2.05, 4.69) is 15.3 Å². The van der Waals surface area contributed by atoms with Gasteiger partial charge in [-0.15, -0.1) is 0 Å². The lowest BCUT2D eigenvalue weighted by Gasteiger charge is -2.07. The lowest BCUT2D eigenvalue weighted by atomic mass is 10.3. The molecule has 0 aliphatic carbocycles. The Bertz CT molecular complexity index is 779. The van der Waals surface area contributed by atoms with Crippen LogP contribution in [0.3, 0.4) is 0 Å². The number of nitrogens with zero attached hydrogens (tertiary/aromatic N) is 1. The third-order valence-corrected chi connectivity index (χ3v) is 3.52. The predicted octanol–water partition coefficient (Wildman–Crippen LogP) is 3.37. The molecular weight excluding hydrogens is 306 g/mol. The first-order valence-corrected chi connectivity index (χ1v) is 7.76. The Kier molecular flexibility index (Phi) is 4.96. The van der Waals surface area contributed by atoms with Gasteiger partial charge in [0.2, 0.25) is 11.9 Å². The molecule has 2 N–H and O–H groups in total. The Morgan fingerprint density at radius 3 is 2.62 bits per heavy atom. The quantitative estimate of drug-likeness (QED) is 0.653. The first-order chi connectivity index (χ1) is 11.7. The summed E-state index contributed by atoms with van der Waals surface area (Å²) >= 11 is 0. The predicted molar refractivity (Wildman–Crippen MR) is 92.4 cm³/mol. The summed E-state index contributed by atoms with van der Waals surface area (Å²) in [5, 5.41) is 2.77. The maximum Gasteiger partial charge on any atom is 0.226 e. The van der Waals surface area contributed by atoms with Crippen LogP contribution in [0, 0.1) is 0 Å². The van der Waals surface area contributed by atoms with Gasteiger partial charge in [-0.2, -0.15) is 0 Å². The second-order valence-corrected chi connectivity index (χ2v) is 5.28. The Morgan fingerprint density at radius 1 is 1.12 bits per heavy atom. The normalized spacial score (nSPS) is 10.5. The van der Waals surface area contributed by atoms with Crippen molar-refractivity contribution in [1.82, 2.24) is 9.97 Å². The molecular formula is C18H19N3O3. The van der Waals surface area contributed by atoms with E-state index in [0.717, 1.165) is 22.5 Å². The van der Waals surface area contributed by atoms with Crippen LogP contribution < -0.4 is 14.8 Å². The Labute approximate surface area is 139 Å². The summed E-state index contributed by atoms with van der Waals surface area (Å²) in [7, 11) is 1.62. The van der Waals surface area contributed by atoms with Crippen LogP contribution in [0.2, 0.25) is 0 Å². The van der Waals surface area contributed by atoms with Crippen LogP contribution >= 0.6 is 0 Å². The average Bonchev–Trinajstić information content (AvgIpc) is 3.01. The van der Waals surface area contributed by atoms with Crippen molar-refractivity contribution in [3.63, 3.8) is 0 Å². The SMILES string of the molecule is COc1ccc(OCCCC(=O)Nc2nc3ccccc3[nH]2)cc1. The molecule has 0 spiro atoms. The van der Waals surface area contributed by atoms with Crippen molar-refractivity contribution in [1.29, 1.82) is 0 Å². The summed E-state index contributed by atoms with van der Waals surface area (Å²) in [6.07, 6.45) is 0.991. The number of ether oxygens (including phenoxy) is 2. The van der Waals surface area contributed by atoms with Crippen molar-refractivity contribution in [2.75, 3.05) is 19.0 Å². The average molecular weight is 325 g/mol. The molecule has 0 bridgehead atoms. The smallest absolute Gasteiger partial charge is 0.226 e. The molecule has 0 aliphatic heterocycles. The number of hydrogen-bond acceptors (Lipinski definition) is 4. The van der Waals surface area contributed by atoms with Crippen LogP contribution in [0.25, 0.3) is 11.0 Å². The molecule has 0 fully saturated rings. The number of nitrogens with one attached hydrogen (secondary N) is 2. The van der Waals surface area contributed by atoms with E-state index in [1.54, 1.807) is 7.11 Å². The van der Waals surface area contributed by atoms with Crippen molar-refractivity contribution in [2.24, 2.45) is 0 Å². The largest absolute Gasteiger partial charge is 0.497 e. The van der Waals surface area contributed by atoms with Crippen LogP contribution in [0.1, 0.15) is 12.8 Å². The zero-order chi connectivity index (χ0) is 16.8. The highest BCUT2D eigenvalue weighted by atomic mass is 16.5.